The molecule has 4 rings (SSSR count). The van der Waals surface area contributed by atoms with E-state index in [1.54, 1.807) is 12.1 Å². The molecule has 1 heterocycles. The maximum absolute atomic E-state index is 14.4. The molecule has 1 aromatic heterocycles. The average molecular weight is 499 g/mol. The van der Waals surface area contributed by atoms with E-state index in [0.29, 0.717) is 5.92 Å². The van der Waals surface area contributed by atoms with E-state index >= 15 is 0 Å². The minimum atomic E-state index is -0.269. The molecule has 37 heavy (non-hydrogen) atoms. The van der Waals surface area contributed by atoms with Gasteiger partial charge in [0, 0.05) is 28.8 Å². The van der Waals surface area contributed by atoms with Crippen LogP contribution in [0.5, 0.6) is 0 Å². The van der Waals surface area contributed by atoms with Crippen LogP contribution in [0.4, 0.5) is 8.78 Å². The van der Waals surface area contributed by atoms with E-state index in [9.17, 15) is 8.78 Å². The van der Waals surface area contributed by atoms with Crippen LogP contribution in [0.3, 0.4) is 0 Å². The van der Waals surface area contributed by atoms with Gasteiger partial charge in [0.1, 0.15) is 11.6 Å². The molecule has 1 atom stereocenters. The summed E-state index contributed by atoms with van der Waals surface area (Å²) in [5.41, 5.74) is 6.93. The number of aromatic nitrogens is 1. The van der Waals surface area contributed by atoms with E-state index < -0.39 is 0 Å². The van der Waals surface area contributed by atoms with Crippen LogP contribution in [0.15, 0.2) is 90.7 Å². The molecule has 1 nitrogen and oxygen atoms in total. The van der Waals surface area contributed by atoms with Crippen molar-refractivity contribution in [2.75, 3.05) is 0 Å². The highest BCUT2D eigenvalue weighted by atomic mass is 19.1. The first-order chi connectivity index (χ1) is 17.3. The molecule has 3 aromatic rings. The Hall–Kier alpha value is -3.33. The van der Waals surface area contributed by atoms with Gasteiger partial charge in [-0.25, -0.2) is 8.78 Å². The van der Waals surface area contributed by atoms with Gasteiger partial charge in [0.2, 0.25) is 11.4 Å². The number of hydrogen-bond acceptors (Lipinski definition) is 0. The summed E-state index contributed by atoms with van der Waals surface area (Å²) in [5.74, 6) is -0.169. The number of allylic oxidation sites excluding steroid dienone is 6. The van der Waals surface area contributed by atoms with Crippen molar-refractivity contribution < 1.29 is 13.3 Å². The van der Waals surface area contributed by atoms with Crippen LogP contribution in [0.1, 0.15) is 66.0 Å². The van der Waals surface area contributed by atoms with Crippen molar-refractivity contribution in [2.45, 2.75) is 60.3 Å². The second-order valence-corrected chi connectivity index (χ2v) is 12.2. The number of benzene rings is 2. The summed E-state index contributed by atoms with van der Waals surface area (Å²) in [5, 5.41) is 0. The van der Waals surface area contributed by atoms with Crippen LogP contribution in [0, 0.1) is 23.0 Å². The first-order valence-corrected chi connectivity index (χ1v) is 13.1. The molecule has 1 aliphatic rings. The molecule has 1 unspecified atom stereocenters. The van der Waals surface area contributed by atoms with E-state index in [1.807, 2.05) is 18.2 Å². The molecular formula is C34H38F2N+. The lowest BCUT2D eigenvalue weighted by Gasteiger charge is -2.25. The van der Waals surface area contributed by atoms with Gasteiger partial charge in [-0.05, 0) is 70.7 Å². The van der Waals surface area contributed by atoms with E-state index in [1.165, 1.54) is 29.3 Å². The summed E-state index contributed by atoms with van der Waals surface area (Å²) >= 11 is 0. The number of pyridine rings is 1. The van der Waals surface area contributed by atoms with Crippen LogP contribution in [-0.4, -0.2) is 0 Å². The third kappa shape index (κ3) is 6.15. The molecule has 0 N–H and O–H groups in total. The fraction of sp³-hybridized carbons (Fsp3) is 0.324. The summed E-state index contributed by atoms with van der Waals surface area (Å²) < 4.78 is 30.5. The van der Waals surface area contributed by atoms with Crippen molar-refractivity contribution in [3.05, 3.63) is 113 Å². The standard InChI is InChI=1S/C34H38F2N/c1-23-11-17-30(24-12-15-28(35)16-13-24)32(21-27(19-23)34(5,6)7)37-22-26(33(2,3)4)14-18-31(37)25-9-8-10-29(36)20-25/h8-10,12-23H,11H2,1-7H3/q+1. The van der Waals surface area contributed by atoms with Crippen LogP contribution < -0.4 is 4.57 Å². The minimum Gasteiger partial charge on any atom is -0.207 e. The molecule has 192 valence electrons. The third-order valence-electron chi connectivity index (χ3n) is 6.94. The lowest BCUT2D eigenvalue weighted by molar-refractivity contribution is -0.566. The van der Waals surface area contributed by atoms with Gasteiger partial charge >= 0.3 is 0 Å². The van der Waals surface area contributed by atoms with Gasteiger partial charge < -0.3 is 0 Å². The maximum Gasteiger partial charge on any atom is 0.219 e. The molecule has 2 aromatic carbocycles. The van der Waals surface area contributed by atoms with Crippen molar-refractivity contribution in [3.8, 4) is 11.3 Å². The summed E-state index contributed by atoms with van der Waals surface area (Å²) in [6.45, 7) is 15.5. The molecule has 3 heteroatoms. The molecule has 1 aliphatic carbocycles. The number of rotatable bonds is 3. The summed E-state index contributed by atoms with van der Waals surface area (Å²) in [6.07, 6.45) is 9.91. The van der Waals surface area contributed by atoms with Crippen LogP contribution in [0.25, 0.3) is 22.5 Å². The van der Waals surface area contributed by atoms with E-state index in [-0.39, 0.29) is 22.5 Å². The van der Waals surface area contributed by atoms with Gasteiger partial charge in [0.25, 0.3) is 0 Å². The number of nitrogens with zero attached hydrogens (tertiary/aromatic N) is 1. The highest BCUT2D eigenvalue weighted by molar-refractivity contribution is 5.95. The highest BCUT2D eigenvalue weighted by Gasteiger charge is 2.30. The van der Waals surface area contributed by atoms with E-state index in [4.69, 9.17) is 0 Å². The molecule has 0 fully saturated rings. The largest absolute Gasteiger partial charge is 0.219 e. The van der Waals surface area contributed by atoms with Crippen LogP contribution in [0.2, 0.25) is 0 Å². The fourth-order valence-corrected chi connectivity index (χ4v) is 4.64. The highest BCUT2D eigenvalue weighted by Crippen LogP contribution is 2.36. The van der Waals surface area contributed by atoms with Gasteiger partial charge in [0.05, 0.1) is 0 Å². The normalized spacial score (nSPS) is 16.9. The van der Waals surface area contributed by atoms with Crippen molar-refractivity contribution >= 4 is 11.3 Å². The quantitative estimate of drug-likeness (QED) is 0.317. The second-order valence-electron chi connectivity index (χ2n) is 12.2. The molecule has 0 radical (unpaired) electrons. The minimum absolute atomic E-state index is 0.0774. The second kappa shape index (κ2) is 10.2. The van der Waals surface area contributed by atoms with E-state index in [0.717, 1.165) is 34.5 Å². The Morgan fingerprint density at radius 2 is 1.49 bits per heavy atom. The van der Waals surface area contributed by atoms with Crippen molar-refractivity contribution in [1.82, 2.24) is 0 Å². The Bertz CT molecular complexity index is 1380. The first-order valence-electron chi connectivity index (χ1n) is 13.1. The Kier molecular flexibility index (Phi) is 7.37. The molecule has 0 amide bonds. The monoisotopic (exact) mass is 498 g/mol. The average Bonchev–Trinajstić information content (AvgIpc) is 2.80. The molecule has 0 bridgehead atoms. The van der Waals surface area contributed by atoms with E-state index in [2.05, 4.69) is 89.6 Å². The summed E-state index contributed by atoms with van der Waals surface area (Å²) in [4.78, 5) is 0. The maximum atomic E-state index is 14.4. The fourth-order valence-electron chi connectivity index (χ4n) is 4.64. The Labute approximate surface area is 220 Å². The summed E-state index contributed by atoms with van der Waals surface area (Å²) in [7, 11) is 0. The lowest BCUT2D eigenvalue weighted by atomic mass is 9.81. The smallest absolute Gasteiger partial charge is 0.207 e. The van der Waals surface area contributed by atoms with Gasteiger partial charge in [-0.2, -0.15) is 4.57 Å². The Balaban J connectivity index is 2.08. The Morgan fingerprint density at radius 1 is 0.784 bits per heavy atom. The molecule has 0 saturated carbocycles. The van der Waals surface area contributed by atoms with Crippen molar-refractivity contribution in [1.29, 1.82) is 0 Å². The van der Waals surface area contributed by atoms with Gasteiger partial charge in [-0.15, -0.1) is 0 Å². The molecule has 0 saturated heterocycles. The van der Waals surface area contributed by atoms with Crippen LogP contribution in [-0.2, 0) is 5.41 Å². The molecule has 0 aliphatic heterocycles. The molecule has 0 spiro atoms. The summed E-state index contributed by atoms with van der Waals surface area (Å²) in [6, 6.07) is 17.7. The zero-order valence-corrected chi connectivity index (χ0v) is 23.1. The van der Waals surface area contributed by atoms with Crippen molar-refractivity contribution in [2.24, 2.45) is 11.3 Å². The first kappa shape index (κ1) is 26.7. The molecular weight excluding hydrogens is 460 g/mol. The number of halogens is 2. The SMILES string of the molecule is CC1C=C(C(C)(C)C)C=C([n+]2cc(C(C)(C)C)ccc2-c2cccc(F)c2)C(c2ccc(F)cc2)=CC1. The number of hydrogen-bond donors (Lipinski definition) is 0. The Morgan fingerprint density at radius 3 is 2.11 bits per heavy atom. The zero-order chi connectivity index (χ0) is 27.0. The predicted octanol–water partition coefficient (Wildman–Crippen LogP) is 9.15. The van der Waals surface area contributed by atoms with Gasteiger partial charge in [-0.1, -0.05) is 78.8 Å². The third-order valence-corrected chi connectivity index (χ3v) is 6.94. The topological polar surface area (TPSA) is 3.88 Å². The zero-order valence-electron chi connectivity index (χ0n) is 23.1. The van der Waals surface area contributed by atoms with Gasteiger partial charge in [0.15, 0.2) is 6.20 Å². The van der Waals surface area contributed by atoms with Crippen molar-refractivity contribution in [3.63, 3.8) is 0 Å². The van der Waals surface area contributed by atoms with Gasteiger partial charge in [-0.3, -0.25) is 0 Å². The lowest BCUT2D eigenvalue weighted by Crippen LogP contribution is -2.38. The van der Waals surface area contributed by atoms with Crippen LogP contribution >= 0.6 is 0 Å². The predicted molar refractivity (Wildman–Crippen MR) is 151 cm³/mol.